The molecule has 0 bridgehead atoms. The summed E-state index contributed by atoms with van der Waals surface area (Å²) in [6.07, 6.45) is 8.34. The molecule has 0 saturated carbocycles. The Balaban J connectivity index is 2.37. The molecule has 0 aromatic heterocycles. The maximum absolute atomic E-state index is 5.62. The van der Waals surface area contributed by atoms with Crippen LogP contribution < -0.4 is 0 Å². The molecule has 2 nitrogen and oxygen atoms in total. The molecule has 0 aromatic rings. The third kappa shape index (κ3) is 3.29. The van der Waals surface area contributed by atoms with Gasteiger partial charge in [0.05, 0.1) is 16.6 Å². The van der Waals surface area contributed by atoms with Crippen LogP contribution in [-0.4, -0.2) is 22.9 Å². The summed E-state index contributed by atoms with van der Waals surface area (Å²) in [5.41, 5.74) is 0. The van der Waals surface area contributed by atoms with Gasteiger partial charge in [0.2, 0.25) is 0 Å². The number of alkyl halides is 1. The summed E-state index contributed by atoms with van der Waals surface area (Å²) in [5, 5.41) is 0. The second kappa shape index (κ2) is 5.63. The predicted molar refractivity (Wildman–Crippen MR) is 60.7 cm³/mol. The fraction of sp³-hybridized carbons (Fsp3) is 0.600. The summed E-state index contributed by atoms with van der Waals surface area (Å²) in [6.45, 7) is 4.44. The van der Waals surface area contributed by atoms with E-state index >= 15 is 0 Å². The lowest BCUT2D eigenvalue weighted by molar-refractivity contribution is -0.125. The average Bonchev–Trinajstić information content (AvgIpc) is 2.51. The molecule has 3 atom stereocenters. The molecular formula is C10H13IO2. The SMILES string of the molecule is C#CC[C@@H](C=C)O[C@H]1OCC[C@@H]1I. The monoisotopic (exact) mass is 292 g/mol. The van der Waals surface area contributed by atoms with Crippen LogP contribution in [0.3, 0.4) is 0 Å². The van der Waals surface area contributed by atoms with Gasteiger partial charge in [-0.05, 0) is 6.42 Å². The third-order valence-corrected chi connectivity index (χ3v) is 3.07. The summed E-state index contributed by atoms with van der Waals surface area (Å²) < 4.78 is 11.4. The van der Waals surface area contributed by atoms with Crippen molar-refractivity contribution >= 4 is 22.6 Å². The van der Waals surface area contributed by atoms with Crippen molar-refractivity contribution in [1.29, 1.82) is 0 Å². The zero-order valence-corrected chi connectivity index (χ0v) is 9.57. The van der Waals surface area contributed by atoms with Crippen LogP contribution in [0.15, 0.2) is 12.7 Å². The maximum Gasteiger partial charge on any atom is 0.170 e. The minimum atomic E-state index is -0.114. The average molecular weight is 292 g/mol. The number of hydrogen-bond acceptors (Lipinski definition) is 2. The van der Waals surface area contributed by atoms with Gasteiger partial charge in [-0.1, -0.05) is 28.7 Å². The van der Waals surface area contributed by atoms with Crippen LogP contribution >= 0.6 is 22.6 Å². The normalized spacial score (nSPS) is 29.5. The molecule has 1 aliphatic heterocycles. The van der Waals surface area contributed by atoms with E-state index in [9.17, 15) is 0 Å². The fourth-order valence-electron chi connectivity index (χ4n) is 1.14. The van der Waals surface area contributed by atoms with Crippen molar-refractivity contribution in [2.24, 2.45) is 0 Å². The molecule has 1 saturated heterocycles. The lowest BCUT2D eigenvalue weighted by atomic mass is 10.2. The Labute approximate surface area is 92.8 Å². The van der Waals surface area contributed by atoms with Crippen LogP contribution in [0.5, 0.6) is 0 Å². The quantitative estimate of drug-likeness (QED) is 0.342. The van der Waals surface area contributed by atoms with E-state index in [0.717, 1.165) is 13.0 Å². The summed E-state index contributed by atoms with van der Waals surface area (Å²) in [5.74, 6) is 2.55. The molecule has 0 spiro atoms. The van der Waals surface area contributed by atoms with Crippen LogP contribution in [0.4, 0.5) is 0 Å². The number of terminal acetylenes is 1. The van der Waals surface area contributed by atoms with Gasteiger partial charge in [0.15, 0.2) is 6.29 Å². The molecular weight excluding hydrogens is 279 g/mol. The van der Waals surface area contributed by atoms with Gasteiger partial charge in [-0.3, -0.25) is 0 Å². The zero-order valence-electron chi connectivity index (χ0n) is 7.41. The molecule has 0 aliphatic carbocycles. The van der Waals surface area contributed by atoms with E-state index in [1.165, 1.54) is 0 Å². The molecule has 3 heteroatoms. The number of rotatable bonds is 4. The standard InChI is InChI=1S/C10H13IO2/c1-3-5-8(4-2)13-10-9(11)6-7-12-10/h1,4,8-10H,2,5-7H2/t8-,9+,10-/m1/s1. The van der Waals surface area contributed by atoms with E-state index < -0.39 is 0 Å². The largest absolute Gasteiger partial charge is 0.351 e. The fourth-order valence-corrected chi connectivity index (χ4v) is 1.77. The van der Waals surface area contributed by atoms with Crippen LogP contribution in [0, 0.1) is 12.3 Å². The summed E-state index contributed by atoms with van der Waals surface area (Å²) >= 11 is 2.34. The third-order valence-electron chi connectivity index (χ3n) is 1.86. The van der Waals surface area contributed by atoms with Crippen LogP contribution in [0.25, 0.3) is 0 Å². The Morgan fingerprint density at radius 3 is 3.08 bits per heavy atom. The van der Waals surface area contributed by atoms with E-state index in [4.69, 9.17) is 15.9 Å². The van der Waals surface area contributed by atoms with Gasteiger partial charge in [0.25, 0.3) is 0 Å². The van der Waals surface area contributed by atoms with Crippen LogP contribution in [-0.2, 0) is 9.47 Å². The first-order chi connectivity index (χ1) is 6.27. The Morgan fingerprint density at radius 2 is 2.62 bits per heavy atom. The van der Waals surface area contributed by atoms with E-state index in [1.807, 2.05) is 0 Å². The molecule has 1 heterocycles. The summed E-state index contributed by atoms with van der Waals surface area (Å²) in [4.78, 5) is 0. The van der Waals surface area contributed by atoms with Gasteiger partial charge in [-0.15, -0.1) is 18.9 Å². The molecule has 13 heavy (non-hydrogen) atoms. The lowest BCUT2D eigenvalue weighted by Gasteiger charge is -2.19. The van der Waals surface area contributed by atoms with Crippen LogP contribution in [0.2, 0.25) is 0 Å². The molecule has 1 aliphatic rings. The second-order valence-corrected chi connectivity index (χ2v) is 4.46. The Bertz CT molecular complexity index is 209. The van der Waals surface area contributed by atoms with Crippen molar-refractivity contribution in [3.63, 3.8) is 0 Å². The molecule has 0 amide bonds. The highest BCUT2D eigenvalue weighted by Gasteiger charge is 2.28. The first-order valence-electron chi connectivity index (χ1n) is 4.25. The minimum absolute atomic E-state index is 0.0784. The van der Waals surface area contributed by atoms with Gasteiger partial charge in [-0.25, -0.2) is 0 Å². The molecule has 0 radical (unpaired) electrons. The summed E-state index contributed by atoms with van der Waals surface area (Å²) in [7, 11) is 0. The second-order valence-electron chi connectivity index (χ2n) is 2.86. The molecule has 72 valence electrons. The van der Waals surface area contributed by atoms with Crippen molar-refractivity contribution in [3.05, 3.63) is 12.7 Å². The Hall–Kier alpha value is -0.0500. The lowest BCUT2D eigenvalue weighted by Crippen LogP contribution is -2.25. The number of ether oxygens (including phenoxy) is 2. The predicted octanol–water partition coefficient (Wildman–Crippen LogP) is 2.13. The number of hydrogen-bond donors (Lipinski definition) is 0. The van der Waals surface area contributed by atoms with Gasteiger partial charge in [0.1, 0.15) is 0 Å². The highest BCUT2D eigenvalue weighted by atomic mass is 127. The highest BCUT2D eigenvalue weighted by Crippen LogP contribution is 2.24. The molecule has 0 unspecified atom stereocenters. The Kier molecular flexibility index (Phi) is 4.78. The van der Waals surface area contributed by atoms with Gasteiger partial charge >= 0.3 is 0 Å². The minimum Gasteiger partial charge on any atom is -0.351 e. The van der Waals surface area contributed by atoms with Gasteiger partial charge in [-0.2, -0.15) is 0 Å². The maximum atomic E-state index is 5.62. The van der Waals surface area contributed by atoms with Gasteiger partial charge in [0, 0.05) is 6.42 Å². The zero-order chi connectivity index (χ0) is 9.68. The summed E-state index contributed by atoms with van der Waals surface area (Å²) in [6, 6.07) is 0. The topological polar surface area (TPSA) is 18.5 Å². The highest BCUT2D eigenvalue weighted by molar-refractivity contribution is 14.1. The van der Waals surface area contributed by atoms with E-state index in [1.54, 1.807) is 6.08 Å². The van der Waals surface area contributed by atoms with Crippen molar-refractivity contribution in [2.75, 3.05) is 6.61 Å². The van der Waals surface area contributed by atoms with Crippen molar-refractivity contribution in [2.45, 2.75) is 29.2 Å². The van der Waals surface area contributed by atoms with E-state index in [-0.39, 0.29) is 12.4 Å². The Morgan fingerprint density at radius 1 is 1.85 bits per heavy atom. The molecule has 1 rings (SSSR count). The first-order valence-corrected chi connectivity index (χ1v) is 5.49. The smallest absolute Gasteiger partial charge is 0.170 e. The molecule has 0 aromatic carbocycles. The van der Waals surface area contributed by atoms with E-state index in [2.05, 4.69) is 35.1 Å². The van der Waals surface area contributed by atoms with Crippen LogP contribution in [0.1, 0.15) is 12.8 Å². The molecule has 0 N–H and O–H groups in total. The van der Waals surface area contributed by atoms with Gasteiger partial charge < -0.3 is 9.47 Å². The number of halogens is 1. The van der Waals surface area contributed by atoms with Crippen molar-refractivity contribution in [3.8, 4) is 12.3 Å². The van der Waals surface area contributed by atoms with E-state index in [0.29, 0.717) is 10.3 Å². The van der Waals surface area contributed by atoms with Crippen molar-refractivity contribution in [1.82, 2.24) is 0 Å². The molecule has 1 fully saturated rings. The first kappa shape index (κ1) is 11.0. The van der Waals surface area contributed by atoms with Crippen molar-refractivity contribution < 1.29 is 9.47 Å².